The first kappa shape index (κ1) is 26.8. The smallest absolute Gasteiger partial charge is 0.267 e. The molecule has 0 atom stereocenters. The van der Waals surface area contributed by atoms with Crippen LogP contribution in [0, 0.1) is 6.92 Å². The van der Waals surface area contributed by atoms with Crippen LogP contribution in [0.5, 0.6) is 11.5 Å². The number of amides is 2. The number of hydrogen-bond acceptors (Lipinski definition) is 8. The highest BCUT2D eigenvalue weighted by molar-refractivity contribution is 7.99. The minimum Gasteiger partial charge on any atom is -0.493 e. The van der Waals surface area contributed by atoms with Crippen molar-refractivity contribution < 1.29 is 19.1 Å². The monoisotopic (exact) mass is 564 g/mol. The van der Waals surface area contributed by atoms with Crippen molar-refractivity contribution in [1.82, 2.24) is 14.5 Å². The van der Waals surface area contributed by atoms with Gasteiger partial charge >= 0.3 is 0 Å². The number of ether oxygens (including phenoxy) is 2. The third-order valence-electron chi connectivity index (χ3n) is 6.65. The number of benzene rings is 2. The van der Waals surface area contributed by atoms with Crippen LogP contribution in [-0.4, -0.2) is 52.8 Å². The van der Waals surface area contributed by atoms with E-state index >= 15 is 0 Å². The summed E-state index contributed by atoms with van der Waals surface area (Å²) in [6.45, 7) is 4.55. The minimum atomic E-state index is -0.250. The number of aromatic nitrogens is 2. The van der Waals surface area contributed by atoms with Gasteiger partial charge in [0.2, 0.25) is 11.8 Å². The minimum absolute atomic E-state index is 0.0140. The largest absolute Gasteiger partial charge is 0.493 e. The standard InChI is InChI=1S/C28H28N4O5S2/c1-16-7-5-6-8-20(16)32-27(35)25-19-11-12-31(17(2)33)14-23(19)39-26(25)30-28(32)38-15-24(34)29-18-9-10-21(36-3)22(13-18)37-4/h5-10,13H,11-12,14-15H2,1-4H3,(H,29,34). The molecule has 2 aromatic carbocycles. The van der Waals surface area contributed by atoms with Gasteiger partial charge in [0, 0.05) is 30.1 Å². The predicted octanol–water partition coefficient (Wildman–Crippen LogP) is 4.41. The molecule has 9 nitrogen and oxygen atoms in total. The summed E-state index contributed by atoms with van der Waals surface area (Å²) < 4.78 is 12.2. The maximum Gasteiger partial charge on any atom is 0.267 e. The van der Waals surface area contributed by atoms with Gasteiger partial charge in [0.1, 0.15) is 4.83 Å². The fraction of sp³-hybridized carbons (Fsp3) is 0.286. The Labute approximate surface area is 233 Å². The molecule has 0 saturated carbocycles. The van der Waals surface area contributed by atoms with Crippen molar-refractivity contribution in [2.75, 3.05) is 31.8 Å². The summed E-state index contributed by atoms with van der Waals surface area (Å²) >= 11 is 2.65. The molecule has 1 aliphatic heterocycles. The van der Waals surface area contributed by atoms with Gasteiger partial charge in [-0.25, -0.2) is 4.98 Å². The molecule has 0 fully saturated rings. The number of methoxy groups -OCH3 is 2. The van der Waals surface area contributed by atoms with Gasteiger partial charge in [-0.1, -0.05) is 30.0 Å². The van der Waals surface area contributed by atoms with Crippen LogP contribution >= 0.6 is 23.1 Å². The first-order chi connectivity index (χ1) is 18.8. The van der Waals surface area contributed by atoms with E-state index in [9.17, 15) is 14.4 Å². The summed E-state index contributed by atoms with van der Waals surface area (Å²) in [5.41, 5.74) is 3.02. The van der Waals surface area contributed by atoms with Gasteiger partial charge in [-0.2, -0.15) is 0 Å². The molecule has 0 bridgehead atoms. The van der Waals surface area contributed by atoms with Gasteiger partial charge in [0.05, 0.1) is 37.6 Å². The van der Waals surface area contributed by atoms with Crippen molar-refractivity contribution in [1.29, 1.82) is 0 Å². The van der Waals surface area contributed by atoms with E-state index in [0.717, 1.165) is 21.7 Å². The maximum absolute atomic E-state index is 14.0. The van der Waals surface area contributed by atoms with Crippen LogP contribution in [-0.2, 0) is 22.6 Å². The number of carbonyl (C=O) groups excluding carboxylic acids is 2. The summed E-state index contributed by atoms with van der Waals surface area (Å²) in [5.74, 6) is 0.880. The van der Waals surface area contributed by atoms with Gasteiger partial charge in [0.25, 0.3) is 5.56 Å². The van der Waals surface area contributed by atoms with Crippen LogP contribution in [0.25, 0.3) is 15.9 Å². The number of nitrogens with zero attached hydrogens (tertiary/aromatic N) is 3. The molecule has 5 rings (SSSR count). The van der Waals surface area contributed by atoms with E-state index < -0.39 is 0 Å². The number of hydrogen-bond donors (Lipinski definition) is 1. The van der Waals surface area contributed by atoms with Gasteiger partial charge in [-0.05, 0) is 42.7 Å². The average molecular weight is 565 g/mol. The molecule has 1 N–H and O–H groups in total. The normalized spacial score (nSPS) is 12.8. The molecular formula is C28H28N4O5S2. The number of thioether (sulfide) groups is 1. The number of thiophene rings is 1. The molecule has 39 heavy (non-hydrogen) atoms. The van der Waals surface area contributed by atoms with Crippen molar-refractivity contribution in [3.63, 3.8) is 0 Å². The number of anilines is 1. The van der Waals surface area contributed by atoms with Crippen molar-refractivity contribution in [3.05, 3.63) is 68.8 Å². The van der Waals surface area contributed by atoms with Crippen molar-refractivity contribution >= 4 is 50.8 Å². The molecule has 0 spiro atoms. The summed E-state index contributed by atoms with van der Waals surface area (Å²) in [6, 6.07) is 12.8. The quantitative estimate of drug-likeness (QED) is 0.262. The number of carbonyl (C=O) groups is 2. The zero-order chi connectivity index (χ0) is 27.7. The Balaban J connectivity index is 1.50. The Bertz CT molecular complexity index is 1650. The Morgan fingerprint density at radius 2 is 1.90 bits per heavy atom. The molecule has 1 aliphatic rings. The molecular weight excluding hydrogens is 536 g/mol. The van der Waals surface area contributed by atoms with E-state index in [1.165, 1.54) is 30.2 Å². The first-order valence-corrected chi connectivity index (χ1v) is 14.1. The molecule has 2 amide bonds. The van der Waals surface area contributed by atoms with Gasteiger partial charge in [-0.15, -0.1) is 11.3 Å². The Kier molecular flexibility index (Phi) is 7.62. The number of para-hydroxylation sites is 1. The van der Waals surface area contributed by atoms with Gasteiger partial charge in [-0.3, -0.25) is 19.0 Å². The fourth-order valence-electron chi connectivity index (χ4n) is 4.66. The molecule has 202 valence electrons. The van der Waals surface area contributed by atoms with Crippen LogP contribution in [0.15, 0.2) is 52.4 Å². The molecule has 11 heteroatoms. The zero-order valence-electron chi connectivity index (χ0n) is 22.1. The van der Waals surface area contributed by atoms with Crippen LogP contribution < -0.4 is 20.3 Å². The third-order valence-corrected chi connectivity index (χ3v) is 8.69. The molecule has 0 radical (unpaired) electrons. The lowest BCUT2D eigenvalue weighted by molar-refractivity contribution is -0.129. The van der Waals surface area contributed by atoms with E-state index in [0.29, 0.717) is 52.1 Å². The van der Waals surface area contributed by atoms with E-state index in [4.69, 9.17) is 14.5 Å². The molecule has 2 aromatic heterocycles. The topological polar surface area (TPSA) is 103 Å². The van der Waals surface area contributed by atoms with Crippen LogP contribution in [0.2, 0.25) is 0 Å². The fourth-order valence-corrected chi connectivity index (χ4v) is 6.74. The third kappa shape index (κ3) is 5.24. The predicted molar refractivity (Wildman–Crippen MR) is 154 cm³/mol. The molecule has 0 saturated heterocycles. The number of aryl methyl sites for hydroxylation is 1. The van der Waals surface area contributed by atoms with Gasteiger partial charge in [0.15, 0.2) is 16.7 Å². The Morgan fingerprint density at radius 1 is 1.13 bits per heavy atom. The molecule has 0 unspecified atom stereocenters. The average Bonchev–Trinajstić information content (AvgIpc) is 3.30. The Hall–Kier alpha value is -3.83. The lowest BCUT2D eigenvalue weighted by Gasteiger charge is -2.25. The van der Waals surface area contributed by atoms with Crippen molar-refractivity contribution in [2.24, 2.45) is 0 Å². The summed E-state index contributed by atoms with van der Waals surface area (Å²) in [5, 5.41) is 3.90. The first-order valence-electron chi connectivity index (χ1n) is 12.3. The number of rotatable bonds is 7. The second-order valence-electron chi connectivity index (χ2n) is 9.10. The summed E-state index contributed by atoms with van der Waals surface area (Å²) in [7, 11) is 3.08. The SMILES string of the molecule is COc1ccc(NC(=O)CSc2nc3sc4c(c3c(=O)n2-c2ccccc2C)CCN(C(C)=O)C4)cc1OC. The van der Waals surface area contributed by atoms with Crippen LogP contribution in [0.1, 0.15) is 22.9 Å². The Morgan fingerprint density at radius 3 is 2.62 bits per heavy atom. The molecule has 4 aromatic rings. The number of fused-ring (bicyclic) bond motifs is 3. The highest BCUT2D eigenvalue weighted by atomic mass is 32.2. The zero-order valence-corrected chi connectivity index (χ0v) is 23.7. The summed E-state index contributed by atoms with van der Waals surface area (Å²) in [6.07, 6.45) is 0.611. The van der Waals surface area contributed by atoms with Crippen molar-refractivity contribution in [2.45, 2.75) is 32.0 Å². The lowest BCUT2D eigenvalue weighted by Crippen LogP contribution is -2.34. The highest BCUT2D eigenvalue weighted by Gasteiger charge is 2.27. The van der Waals surface area contributed by atoms with Crippen molar-refractivity contribution in [3.8, 4) is 17.2 Å². The maximum atomic E-state index is 14.0. The molecule has 0 aliphatic carbocycles. The van der Waals surface area contributed by atoms with E-state index in [1.807, 2.05) is 31.2 Å². The van der Waals surface area contributed by atoms with Crippen LogP contribution in [0.4, 0.5) is 5.69 Å². The second-order valence-corrected chi connectivity index (χ2v) is 11.1. The van der Waals surface area contributed by atoms with E-state index in [2.05, 4.69) is 5.32 Å². The second kappa shape index (κ2) is 11.1. The molecule has 3 heterocycles. The number of nitrogens with one attached hydrogen (secondary N) is 1. The van der Waals surface area contributed by atoms with E-state index in [-0.39, 0.29) is 23.1 Å². The van der Waals surface area contributed by atoms with E-state index in [1.54, 1.807) is 41.7 Å². The highest BCUT2D eigenvalue weighted by Crippen LogP contribution is 2.35. The lowest BCUT2D eigenvalue weighted by atomic mass is 10.1. The van der Waals surface area contributed by atoms with Gasteiger partial charge < -0.3 is 19.7 Å². The van der Waals surface area contributed by atoms with Crippen LogP contribution in [0.3, 0.4) is 0 Å². The summed E-state index contributed by atoms with van der Waals surface area (Å²) in [4.78, 5) is 47.2.